The zero-order valence-corrected chi connectivity index (χ0v) is 15.3. The maximum Gasteiger partial charge on any atom is 0.274 e. The van der Waals surface area contributed by atoms with Crippen molar-refractivity contribution in [3.63, 3.8) is 0 Å². The van der Waals surface area contributed by atoms with Gasteiger partial charge in [-0.05, 0) is 62.9 Å². The maximum absolute atomic E-state index is 13.0. The van der Waals surface area contributed by atoms with Gasteiger partial charge in [-0.3, -0.25) is 14.3 Å². The van der Waals surface area contributed by atoms with Crippen LogP contribution in [0.3, 0.4) is 0 Å². The SMILES string of the molecule is CCn1ccc(C(=O)N2C3CCC2CC(NC(=O)c2ccc(F)cc2)C3)n1. The Morgan fingerprint density at radius 3 is 2.41 bits per heavy atom. The Bertz CT molecular complexity index is 834. The van der Waals surface area contributed by atoms with Crippen LogP contribution in [-0.2, 0) is 6.54 Å². The van der Waals surface area contributed by atoms with E-state index in [1.165, 1.54) is 24.3 Å². The van der Waals surface area contributed by atoms with E-state index in [0.717, 1.165) is 32.2 Å². The van der Waals surface area contributed by atoms with Crippen molar-refractivity contribution in [2.75, 3.05) is 0 Å². The van der Waals surface area contributed by atoms with E-state index in [-0.39, 0.29) is 35.8 Å². The molecular weight excluding hydrogens is 347 g/mol. The van der Waals surface area contributed by atoms with Gasteiger partial charge in [0.25, 0.3) is 11.8 Å². The second-order valence-electron chi connectivity index (χ2n) is 7.30. The lowest BCUT2D eigenvalue weighted by atomic mass is 9.96. The second kappa shape index (κ2) is 7.13. The molecule has 2 aliphatic rings. The zero-order chi connectivity index (χ0) is 19.0. The molecule has 0 saturated carbocycles. The fraction of sp³-hybridized carbons (Fsp3) is 0.450. The smallest absolute Gasteiger partial charge is 0.274 e. The summed E-state index contributed by atoms with van der Waals surface area (Å²) in [5, 5.41) is 7.39. The molecule has 2 bridgehead atoms. The number of carbonyl (C=O) groups excluding carboxylic acids is 2. The molecule has 2 fully saturated rings. The summed E-state index contributed by atoms with van der Waals surface area (Å²) in [6.45, 7) is 2.72. The Labute approximate surface area is 157 Å². The van der Waals surface area contributed by atoms with Crippen LogP contribution in [0, 0.1) is 5.82 Å². The van der Waals surface area contributed by atoms with Crippen LogP contribution < -0.4 is 5.32 Å². The number of rotatable bonds is 4. The Balaban J connectivity index is 1.41. The van der Waals surface area contributed by atoms with Crippen molar-refractivity contribution in [3.8, 4) is 0 Å². The van der Waals surface area contributed by atoms with Crippen molar-refractivity contribution in [2.24, 2.45) is 0 Å². The highest BCUT2D eigenvalue weighted by atomic mass is 19.1. The molecule has 4 rings (SSSR count). The van der Waals surface area contributed by atoms with Crippen LogP contribution in [0.25, 0.3) is 0 Å². The van der Waals surface area contributed by atoms with Crippen LogP contribution in [0.1, 0.15) is 53.5 Å². The number of hydrogen-bond acceptors (Lipinski definition) is 3. The Morgan fingerprint density at radius 1 is 1.15 bits per heavy atom. The van der Waals surface area contributed by atoms with E-state index in [4.69, 9.17) is 0 Å². The Kier molecular flexibility index (Phi) is 4.68. The summed E-state index contributed by atoms with van der Waals surface area (Å²) in [6.07, 6.45) is 5.21. The molecule has 2 aliphatic heterocycles. The Morgan fingerprint density at radius 2 is 1.81 bits per heavy atom. The molecule has 0 spiro atoms. The van der Waals surface area contributed by atoms with Gasteiger partial charge in [0.1, 0.15) is 11.5 Å². The van der Waals surface area contributed by atoms with Gasteiger partial charge >= 0.3 is 0 Å². The molecule has 2 aromatic rings. The predicted octanol–water partition coefficient (Wildman–Crippen LogP) is 2.61. The zero-order valence-electron chi connectivity index (χ0n) is 15.3. The summed E-state index contributed by atoms with van der Waals surface area (Å²) in [6, 6.07) is 7.60. The fourth-order valence-electron chi connectivity index (χ4n) is 4.28. The normalized spacial score (nSPS) is 24.1. The summed E-state index contributed by atoms with van der Waals surface area (Å²) >= 11 is 0. The molecule has 1 aromatic heterocycles. The van der Waals surface area contributed by atoms with E-state index in [2.05, 4.69) is 10.4 Å². The highest BCUT2D eigenvalue weighted by Gasteiger charge is 2.44. The van der Waals surface area contributed by atoms with Gasteiger partial charge in [0.05, 0.1) is 0 Å². The molecule has 2 amide bonds. The minimum absolute atomic E-state index is 0.0157. The minimum atomic E-state index is -0.359. The number of amides is 2. The fourth-order valence-corrected chi connectivity index (χ4v) is 4.28. The van der Waals surface area contributed by atoms with Gasteiger partial charge < -0.3 is 10.2 Å². The van der Waals surface area contributed by atoms with Gasteiger partial charge in [0.15, 0.2) is 0 Å². The van der Waals surface area contributed by atoms with Crippen LogP contribution in [0.2, 0.25) is 0 Å². The molecule has 6 nitrogen and oxygen atoms in total. The van der Waals surface area contributed by atoms with E-state index in [9.17, 15) is 14.0 Å². The third-order valence-corrected chi connectivity index (χ3v) is 5.59. The van der Waals surface area contributed by atoms with Crippen LogP contribution >= 0.6 is 0 Å². The van der Waals surface area contributed by atoms with Crippen molar-refractivity contribution in [3.05, 3.63) is 53.6 Å². The number of hydrogen-bond donors (Lipinski definition) is 1. The second-order valence-corrected chi connectivity index (χ2v) is 7.30. The predicted molar refractivity (Wildman–Crippen MR) is 97.8 cm³/mol. The van der Waals surface area contributed by atoms with Gasteiger partial charge in [-0.15, -0.1) is 0 Å². The number of piperidine rings is 1. The number of fused-ring (bicyclic) bond motifs is 2. The molecule has 0 radical (unpaired) electrons. The number of aryl methyl sites for hydroxylation is 1. The number of benzene rings is 1. The first-order valence-corrected chi connectivity index (χ1v) is 9.47. The number of carbonyl (C=O) groups is 2. The van der Waals surface area contributed by atoms with E-state index in [1.54, 1.807) is 10.7 Å². The number of nitrogens with zero attached hydrogens (tertiary/aromatic N) is 3. The van der Waals surface area contributed by atoms with Gasteiger partial charge in [-0.25, -0.2) is 4.39 Å². The summed E-state index contributed by atoms with van der Waals surface area (Å²) in [7, 11) is 0. The lowest BCUT2D eigenvalue weighted by Gasteiger charge is -2.38. The summed E-state index contributed by atoms with van der Waals surface area (Å²) in [5.74, 6) is -0.569. The van der Waals surface area contributed by atoms with Gasteiger partial charge in [-0.2, -0.15) is 5.10 Å². The highest BCUT2D eigenvalue weighted by Crippen LogP contribution is 2.36. The number of halogens is 1. The topological polar surface area (TPSA) is 67.2 Å². The van der Waals surface area contributed by atoms with Crippen LogP contribution in [0.5, 0.6) is 0 Å². The summed E-state index contributed by atoms with van der Waals surface area (Å²) < 4.78 is 14.8. The molecule has 2 saturated heterocycles. The Hall–Kier alpha value is -2.70. The van der Waals surface area contributed by atoms with E-state index in [1.807, 2.05) is 18.0 Å². The molecular formula is C20H23FN4O2. The molecule has 7 heteroatoms. The van der Waals surface area contributed by atoms with Crippen molar-refractivity contribution in [1.29, 1.82) is 0 Å². The van der Waals surface area contributed by atoms with E-state index < -0.39 is 0 Å². The number of aromatic nitrogens is 2. The summed E-state index contributed by atoms with van der Waals surface area (Å²) in [4.78, 5) is 27.3. The monoisotopic (exact) mass is 370 g/mol. The first-order chi connectivity index (χ1) is 13.0. The average Bonchev–Trinajstić information content (AvgIpc) is 3.24. The molecule has 27 heavy (non-hydrogen) atoms. The maximum atomic E-state index is 13.0. The lowest BCUT2D eigenvalue weighted by Crippen LogP contribution is -2.52. The molecule has 3 heterocycles. The van der Waals surface area contributed by atoms with E-state index in [0.29, 0.717) is 11.3 Å². The molecule has 1 N–H and O–H groups in total. The minimum Gasteiger partial charge on any atom is -0.349 e. The highest BCUT2D eigenvalue weighted by molar-refractivity contribution is 5.94. The van der Waals surface area contributed by atoms with E-state index >= 15 is 0 Å². The molecule has 142 valence electrons. The largest absolute Gasteiger partial charge is 0.349 e. The van der Waals surface area contributed by atoms with Crippen molar-refractivity contribution < 1.29 is 14.0 Å². The van der Waals surface area contributed by atoms with Crippen molar-refractivity contribution in [2.45, 2.75) is 57.3 Å². The molecule has 0 aliphatic carbocycles. The van der Waals surface area contributed by atoms with Crippen LogP contribution in [0.4, 0.5) is 4.39 Å². The standard InChI is InChI=1S/C20H23FN4O2/c1-2-24-10-9-18(23-24)20(27)25-16-7-8-17(25)12-15(11-16)22-19(26)13-3-5-14(21)6-4-13/h3-6,9-10,15-17H,2,7-8,11-12H2,1H3,(H,22,26). The molecule has 1 aromatic carbocycles. The van der Waals surface area contributed by atoms with Crippen molar-refractivity contribution >= 4 is 11.8 Å². The van der Waals surface area contributed by atoms with Gasteiger partial charge in [0, 0.05) is 36.4 Å². The van der Waals surface area contributed by atoms with Crippen LogP contribution in [0.15, 0.2) is 36.5 Å². The average molecular weight is 370 g/mol. The van der Waals surface area contributed by atoms with Gasteiger partial charge in [-0.1, -0.05) is 0 Å². The third-order valence-electron chi connectivity index (χ3n) is 5.59. The number of nitrogens with one attached hydrogen (secondary N) is 1. The first-order valence-electron chi connectivity index (χ1n) is 9.47. The summed E-state index contributed by atoms with van der Waals surface area (Å²) in [5.41, 5.74) is 0.940. The van der Waals surface area contributed by atoms with Crippen LogP contribution in [-0.4, -0.2) is 44.6 Å². The lowest BCUT2D eigenvalue weighted by molar-refractivity contribution is 0.0543. The first kappa shape index (κ1) is 17.7. The van der Waals surface area contributed by atoms with Crippen molar-refractivity contribution in [1.82, 2.24) is 20.0 Å². The third kappa shape index (κ3) is 3.46. The molecule has 2 unspecified atom stereocenters. The molecule has 2 atom stereocenters. The van der Waals surface area contributed by atoms with Gasteiger partial charge in [0.2, 0.25) is 0 Å². The quantitative estimate of drug-likeness (QED) is 0.900.